The molecule has 0 radical (unpaired) electrons. The van der Waals surface area contributed by atoms with Gasteiger partial charge in [0.1, 0.15) is 11.6 Å². The predicted molar refractivity (Wildman–Crippen MR) is 70.2 cm³/mol. The largest absolute Gasteiger partial charge is 0.481 e. The molecule has 0 amide bonds. The number of aliphatic carboxylic acids is 1. The Labute approximate surface area is 115 Å². The summed E-state index contributed by atoms with van der Waals surface area (Å²) in [5, 5.41) is 31.8. The van der Waals surface area contributed by atoms with E-state index >= 15 is 0 Å². The first-order valence-corrected chi connectivity index (χ1v) is 6.21. The van der Waals surface area contributed by atoms with Crippen LogP contribution in [-0.4, -0.2) is 22.0 Å². The van der Waals surface area contributed by atoms with E-state index in [1.165, 1.54) is 18.2 Å². The third-order valence-electron chi connectivity index (χ3n) is 3.50. The number of nitro groups is 1. The highest BCUT2D eigenvalue weighted by Crippen LogP contribution is 2.30. The minimum absolute atomic E-state index is 0.0372. The average molecular weight is 275 g/mol. The lowest BCUT2D eigenvalue weighted by Crippen LogP contribution is -2.29. The van der Waals surface area contributed by atoms with Gasteiger partial charge in [-0.2, -0.15) is 5.26 Å². The van der Waals surface area contributed by atoms with Crippen molar-refractivity contribution in [3.05, 3.63) is 33.9 Å². The summed E-state index contributed by atoms with van der Waals surface area (Å²) < 4.78 is 0. The molecule has 1 aromatic carbocycles. The summed E-state index contributed by atoms with van der Waals surface area (Å²) in [6.07, 6.45) is 2.17. The number of nitriles is 1. The van der Waals surface area contributed by atoms with Crippen molar-refractivity contribution in [3.63, 3.8) is 0 Å². The van der Waals surface area contributed by atoms with E-state index in [-0.39, 0.29) is 17.3 Å². The summed E-state index contributed by atoms with van der Waals surface area (Å²) in [7, 11) is 0. The number of carboxylic acid groups (broad SMARTS) is 1. The van der Waals surface area contributed by atoms with Gasteiger partial charge in [-0.25, -0.2) is 0 Å². The van der Waals surface area contributed by atoms with E-state index in [1.54, 1.807) is 6.07 Å². The Morgan fingerprint density at radius 1 is 1.50 bits per heavy atom. The number of hydrogen-bond acceptors (Lipinski definition) is 5. The first-order valence-electron chi connectivity index (χ1n) is 6.21. The second-order valence-corrected chi connectivity index (χ2v) is 4.73. The Hall–Kier alpha value is -2.62. The van der Waals surface area contributed by atoms with Gasteiger partial charge >= 0.3 is 5.97 Å². The van der Waals surface area contributed by atoms with Crippen LogP contribution in [0.1, 0.15) is 24.8 Å². The highest BCUT2D eigenvalue weighted by molar-refractivity contribution is 5.72. The third kappa shape index (κ3) is 2.69. The summed E-state index contributed by atoms with van der Waals surface area (Å²) in [4.78, 5) is 21.2. The van der Waals surface area contributed by atoms with E-state index in [9.17, 15) is 14.9 Å². The molecule has 0 aromatic heterocycles. The van der Waals surface area contributed by atoms with Crippen LogP contribution in [0.2, 0.25) is 0 Å². The summed E-state index contributed by atoms with van der Waals surface area (Å²) in [6, 6.07) is 5.71. The minimum atomic E-state index is -0.845. The van der Waals surface area contributed by atoms with Crippen LogP contribution in [0.4, 0.5) is 11.4 Å². The van der Waals surface area contributed by atoms with Crippen molar-refractivity contribution >= 4 is 17.3 Å². The molecule has 104 valence electrons. The summed E-state index contributed by atoms with van der Waals surface area (Å²) in [5.74, 6) is -1.31. The molecule has 1 aliphatic rings. The maximum Gasteiger partial charge on any atom is 0.308 e. The number of nitro benzene ring substituents is 1. The molecule has 0 saturated heterocycles. The van der Waals surface area contributed by atoms with Gasteiger partial charge in [-0.15, -0.1) is 0 Å². The molecule has 0 bridgehead atoms. The van der Waals surface area contributed by atoms with Gasteiger partial charge in [0.2, 0.25) is 0 Å². The van der Waals surface area contributed by atoms with Crippen molar-refractivity contribution in [3.8, 4) is 6.07 Å². The fourth-order valence-corrected chi connectivity index (χ4v) is 2.52. The number of nitrogens with zero attached hydrogens (tertiary/aromatic N) is 2. The molecule has 1 aromatic rings. The van der Waals surface area contributed by atoms with Gasteiger partial charge in [-0.05, 0) is 25.0 Å². The summed E-state index contributed by atoms with van der Waals surface area (Å²) in [6.45, 7) is 0. The molecule has 1 aliphatic carbocycles. The van der Waals surface area contributed by atoms with Crippen LogP contribution >= 0.6 is 0 Å². The fourth-order valence-electron chi connectivity index (χ4n) is 2.52. The van der Waals surface area contributed by atoms with Crippen molar-refractivity contribution in [1.29, 1.82) is 5.26 Å². The molecule has 0 heterocycles. The van der Waals surface area contributed by atoms with Crippen LogP contribution in [0.3, 0.4) is 0 Å². The first kappa shape index (κ1) is 13.8. The highest BCUT2D eigenvalue weighted by atomic mass is 16.6. The van der Waals surface area contributed by atoms with Crippen LogP contribution < -0.4 is 5.32 Å². The molecule has 1 fully saturated rings. The van der Waals surface area contributed by atoms with E-state index in [2.05, 4.69) is 5.32 Å². The van der Waals surface area contributed by atoms with Gasteiger partial charge in [0.25, 0.3) is 5.69 Å². The first-order chi connectivity index (χ1) is 9.52. The van der Waals surface area contributed by atoms with Gasteiger partial charge in [-0.1, -0.05) is 6.42 Å². The number of hydrogen-bond donors (Lipinski definition) is 2. The van der Waals surface area contributed by atoms with Gasteiger partial charge in [-0.3, -0.25) is 14.9 Å². The van der Waals surface area contributed by atoms with Crippen LogP contribution in [0.25, 0.3) is 0 Å². The minimum Gasteiger partial charge on any atom is -0.481 e. The number of carbonyl (C=O) groups is 1. The molecule has 2 rings (SSSR count). The lowest BCUT2D eigenvalue weighted by molar-refractivity contribution is -0.385. The van der Waals surface area contributed by atoms with Crippen LogP contribution in [-0.2, 0) is 4.79 Å². The zero-order valence-electron chi connectivity index (χ0n) is 10.6. The molecular weight excluding hydrogens is 262 g/mol. The second kappa shape index (κ2) is 5.57. The molecule has 1 saturated carbocycles. The van der Waals surface area contributed by atoms with Crippen molar-refractivity contribution in [1.82, 2.24) is 0 Å². The molecule has 7 heteroatoms. The number of anilines is 1. The van der Waals surface area contributed by atoms with Crippen molar-refractivity contribution in [2.24, 2.45) is 5.92 Å². The van der Waals surface area contributed by atoms with E-state index in [0.717, 1.165) is 12.8 Å². The molecule has 0 spiro atoms. The van der Waals surface area contributed by atoms with Crippen LogP contribution in [0.15, 0.2) is 18.2 Å². The van der Waals surface area contributed by atoms with E-state index < -0.39 is 16.8 Å². The lowest BCUT2D eigenvalue weighted by atomic mass is 10.0. The Morgan fingerprint density at radius 3 is 2.85 bits per heavy atom. The summed E-state index contributed by atoms with van der Waals surface area (Å²) >= 11 is 0. The number of carboxylic acids is 1. The zero-order chi connectivity index (χ0) is 14.7. The van der Waals surface area contributed by atoms with Crippen molar-refractivity contribution < 1.29 is 14.8 Å². The normalized spacial score (nSPS) is 21.1. The Balaban J connectivity index is 2.20. The van der Waals surface area contributed by atoms with Gasteiger partial charge in [0.15, 0.2) is 0 Å². The van der Waals surface area contributed by atoms with E-state index in [1.807, 2.05) is 0 Å². The molecule has 2 N–H and O–H groups in total. The quantitative estimate of drug-likeness (QED) is 0.642. The van der Waals surface area contributed by atoms with Crippen molar-refractivity contribution in [2.75, 3.05) is 5.32 Å². The topological polar surface area (TPSA) is 116 Å². The molecule has 2 unspecified atom stereocenters. The summed E-state index contributed by atoms with van der Waals surface area (Å²) in [5.41, 5.74) is 0.245. The SMILES string of the molecule is N#Cc1cc(NC2CCCC2C(=O)O)ccc1[N+](=O)[O-]. The van der Waals surface area contributed by atoms with E-state index in [4.69, 9.17) is 10.4 Å². The maximum atomic E-state index is 11.1. The monoisotopic (exact) mass is 275 g/mol. The molecule has 2 atom stereocenters. The molecule has 7 nitrogen and oxygen atoms in total. The highest BCUT2D eigenvalue weighted by Gasteiger charge is 2.32. The third-order valence-corrected chi connectivity index (χ3v) is 3.50. The Morgan fingerprint density at radius 2 is 2.25 bits per heavy atom. The van der Waals surface area contributed by atoms with Gasteiger partial charge in [0.05, 0.1) is 10.8 Å². The fraction of sp³-hybridized carbons (Fsp3) is 0.385. The Bertz CT molecular complexity index is 594. The number of benzene rings is 1. The van der Waals surface area contributed by atoms with E-state index in [0.29, 0.717) is 12.1 Å². The smallest absolute Gasteiger partial charge is 0.308 e. The predicted octanol–water partition coefficient (Wildman–Crippen LogP) is 2.13. The molecule has 0 aliphatic heterocycles. The molecule has 20 heavy (non-hydrogen) atoms. The number of nitrogens with one attached hydrogen (secondary N) is 1. The number of rotatable bonds is 4. The van der Waals surface area contributed by atoms with Crippen LogP contribution in [0.5, 0.6) is 0 Å². The Kier molecular flexibility index (Phi) is 3.84. The zero-order valence-corrected chi connectivity index (χ0v) is 10.6. The average Bonchev–Trinajstić information content (AvgIpc) is 2.86. The second-order valence-electron chi connectivity index (χ2n) is 4.73. The molecular formula is C13H13N3O4. The maximum absolute atomic E-state index is 11.1. The lowest BCUT2D eigenvalue weighted by Gasteiger charge is -2.18. The van der Waals surface area contributed by atoms with Crippen molar-refractivity contribution in [2.45, 2.75) is 25.3 Å². The standard InChI is InChI=1S/C13H13N3O4/c14-7-8-6-9(4-5-12(8)16(19)20)15-11-3-1-2-10(11)13(17)18/h4-6,10-11,15H,1-3H2,(H,17,18). The van der Waals surface area contributed by atoms with Gasteiger partial charge < -0.3 is 10.4 Å². The van der Waals surface area contributed by atoms with Gasteiger partial charge in [0, 0.05) is 17.8 Å². The van der Waals surface area contributed by atoms with Crippen LogP contribution in [0, 0.1) is 27.4 Å².